The number of nitro groups is 1. The predicted octanol–water partition coefficient (Wildman–Crippen LogP) is 3.04. The fourth-order valence-corrected chi connectivity index (χ4v) is 4.26. The molecule has 0 N–H and O–H groups in total. The Balaban J connectivity index is 1.53. The van der Waals surface area contributed by atoms with Crippen LogP contribution >= 0.6 is 0 Å². The minimum absolute atomic E-state index is 0.111. The Labute approximate surface area is 183 Å². The third-order valence-electron chi connectivity index (χ3n) is 5.73. The summed E-state index contributed by atoms with van der Waals surface area (Å²) in [6.45, 7) is 0.161. The van der Waals surface area contributed by atoms with Gasteiger partial charge < -0.3 is 0 Å². The van der Waals surface area contributed by atoms with Crippen molar-refractivity contribution in [2.75, 3.05) is 5.06 Å². The van der Waals surface area contributed by atoms with E-state index >= 15 is 0 Å². The summed E-state index contributed by atoms with van der Waals surface area (Å²) in [4.78, 5) is 48.6. The SMILES string of the molecule is O=C1[C@@H]2[C@@H](ON(c3cccc([N+](=O)[O-])c3)[C@H]2c2ccncc2)C(=O)N1Cc1ccccc1. The Kier molecular flexibility index (Phi) is 4.87. The first-order valence-corrected chi connectivity index (χ1v) is 10.0. The molecule has 9 heteroatoms. The number of pyridine rings is 1. The van der Waals surface area contributed by atoms with E-state index in [-0.39, 0.29) is 18.1 Å². The molecule has 32 heavy (non-hydrogen) atoms. The van der Waals surface area contributed by atoms with Crippen LogP contribution in [0.2, 0.25) is 0 Å². The maximum atomic E-state index is 13.4. The molecule has 1 aromatic heterocycles. The van der Waals surface area contributed by atoms with Crippen LogP contribution in [0.25, 0.3) is 0 Å². The van der Waals surface area contributed by atoms with Gasteiger partial charge in [-0.1, -0.05) is 36.4 Å². The van der Waals surface area contributed by atoms with Crippen LogP contribution in [0.15, 0.2) is 79.1 Å². The van der Waals surface area contributed by atoms with Gasteiger partial charge in [-0.2, -0.15) is 0 Å². The highest BCUT2D eigenvalue weighted by Gasteiger charge is 2.59. The number of nitro benzene ring substituents is 1. The van der Waals surface area contributed by atoms with Gasteiger partial charge in [0.25, 0.3) is 11.6 Å². The van der Waals surface area contributed by atoms with Crippen LogP contribution in [0.3, 0.4) is 0 Å². The van der Waals surface area contributed by atoms with Crippen molar-refractivity contribution in [2.45, 2.75) is 18.7 Å². The Morgan fingerprint density at radius 1 is 0.969 bits per heavy atom. The lowest BCUT2D eigenvalue weighted by molar-refractivity contribution is -0.384. The summed E-state index contributed by atoms with van der Waals surface area (Å²) in [5.41, 5.74) is 1.84. The van der Waals surface area contributed by atoms with Crippen molar-refractivity contribution < 1.29 is 19.3 Å². The third-order valence-corrected chi connectivity index (χ3v) is 5.73. The number of benzene rings is 2. The molecule has 2 amide bonds. The number of amides is 2. The molecule has 0 aliphatic carbocycles. The van der Waals surface area contributed by atoms with Crippen molar-refractivity contribution in [3.63, 3.8) is 0 Å². The number of nitrogens with zero attached hydrogens (tertiary/aromatic N) is 4. The molecular weight excluding hydrogens is 412 g/mol. The molecular formula is C23H18N4O5. The minimum Gasteiger partial charge on any atom is -0.275 e. The number of non-ortho nitro benzene ring substituents is 1. The van der Waals surface area contributed by atoms with E-state index in [1.807, 2.05) is 30.3 Å². The zero-order chi connectivity index (χ0) is 22.2. The van der Waals surface area contributed by atoms with Gasteiger partial charge >= 0.3 is 0 Å². The molecule has 0 radical (unpaired) electrons. The minimum atomic E-state index is -1.01. The number of anilines is 1. The maximum Gasteiger partial charge on any atom is 0.271 e. The molecule has 3 aromatic rings. The number of imide groups is 1. The van der Waals surface area contributed by atoms with Crippen molar-refractivity contribution in [3.05, 3.63) is 100 Å². The maximum absolute atomic E-state index is 13.4. The summed E-state index contributed by atoms with van der Waals surface area (Å²) < 4.78 is 0. The molecule has 2 fully saturated rings. The number of fused-ring (bicyclic) bond motifs is 1. The van der Waals surface area contributed by atoms with E-state index in [4.69, 9.17) is 4.84 Å². The van der Waals surface area contributed by atoms with Crippen molar-refractivity contribution in [1.82, 2.24) is 9.88 Å². The topological polar surface area (TPSA) is 106 Å². The van der Waals surface area contributed by atoms with Crippen LogP contribution in [-0.4, -0.2) is 32.7 Å². The molecule has 0 saturated carbocycles. The number of likely N-dealkylation sites (tertiary alicyclic amines) is 1. The molecule has 0 unspecified atom stereocenters. The number of carbonyl (C=O) groups excluding carboxylic acids is 2. The van der Waals surface area contributed by atoms with E-state index in [0.717, 1.165) is 11.1 Å². The molecule has 9 nitrogen and oxygen atoms in total. The number of hydroxylamine groups is 1. The highest BCUT2D eigenvalue weighted by Crippen LogP contribution is 2.47. The normalized spacial score (nSPS) is 22.3. The van der Waals surface area contributed by atoms with Crippen LogP contribution in [0.4, 0.5) is 11.4 Å². The lowest BCUT2D eigenvalue weighted by Crippen LogP contribution is -2.37. The quantitative estimate of drug-likeness (QED) is 0.348. The Morgan fingerprint density at radius 2 is 1.72 bits per heavy atom. The van der Waals surface area contributed by atoms with Gasteiger partial charge in [0.05, 0.1) is 23.2 Å². The molecule has 3 atom stereocenters. The van der Waals surface area contributed by atoms with E-state index in [2.05, 4.69) is 4.98 Å². The standard InChI is InChI=1S/C23H18N4O5/c28-22-19-20(16-9-11-24-12-10-16)26(17-7-4-8-18(13-17)27(30)31)32-21(19)23(29)25(22)14-15-5-2-1-3-6-15/h1-13,19-21H,14H2/t19-,20-,21+/m0/s1. The summed E-state index contributed by atoms with van der Waals surface area (Å²) >= 11 is 0. The van der Waals surface area contributed by atoms with E-state index in [9.17, 15) is 19.7 Å². The van der Waals surface area contributed by atoms with Crippen molar-refractivity contribution in [1.29, 1.82) is 0 Å². The number of hydrogen-bond acceptors (Lipinski definition) is 7. The van der Waals surface area contributed by atoms with Gasteiger partial charge in [0, 0.05) is 24.5 Å². The van der Waals surface area contributed by atoms with Crippen LogP contribution in [-0.2, 0) is 21.0 Å². The van der Waals surface area contributed by atoms with Gasteiger partial charge in [0.2, 0.25) is 5.91 Å². The van der Waals surface area contributed by atoms with Crippen LogP contribution in [0.1, 0.15) is 17.2 Å². The first-order valence-electron chi connectivity index (χ1n) is 10.0. The molecule has 2 aromatic carbocycles. The monoisotopic (exact) mass is 430 g/mol. The number of hydrogen-bond donors (Lipinski definition) is 0. The Hall–Kier alpha value is -4.11. The molecule has 2 aliphatic heterocycles. The van der Waals surface area contributed by atoms with Crippen LogP contribution < -0.4 is 5.06 Å². The number of rotatable bonds is 5. The fraction of sp³-hybridized carbons (Fsp3) is 0.174. The van der Waals surface area contributed by atoms with Gasteiger partial charge in [-0.3, -0.25) is 34.4 Å². The Bertz CT molecular complexity index is 1190. The van der Waals surface area contributed by atoms with Gasteiger partial charge in [-0.15, -0.1) is 0 Å². The second-order valence-corrected chi connectivity index (χ2v) is 7.63. The van der Waals surface area contributed by atoms with Crippen LogP contribution in [0.5, 0.6) is 0 Å². The lowest BCUT2D eigenvalue weighted by atomic mass is 9.91. The second-order valence-electron chi connectivity index (χ2n) is 7.63. The zero-order valence-electron chi connectivity index (χ0n) is 16.8. The van der Waals surface area contributed by atoms with E-state index in [1.165, 1.54) is 22.1 Å². The summed E-state index contributed by atoms with van der Waals surface area (Å²) in [6.07, 6.45) is 2.18. The highest BCUT2D eigenvalue weighted by molar-refractivity contribution is 6.07. The Morgan fingerprint density at radius 3 is 2.44 bits per heavy atom. The van der Waals surface area contributed by atoms with Crippen molar-refractivity contribution in [3.8, 4) is 0 Å². The number of carbonyl (C=O) groups is 2. The molecule has 0 spiro atoms. The van der Waals surface area contributed by atoms with Gasteiger partial charge in [-0.25, -0.2) is 5.06 Å². The van der Waals surface area contributed by atoms with Gasteiger partial charge in [0.1, 0.15) is 5.92 Å². The molecule has 160 valence electrons. The zero-order valence-corrected chi connectivity index (χ0v) is 16.8. The summed E-state index contributed by atoms with van der Waals surface area (Å²) in [7, 11) is 0. The third kappa shape index (κ3) is 3.28. The second kappa shape index (κ2) is 7.86. The summed E-state index contributed by atoms with van der Waals surface area (Å²) in [5, 5.41) is 12.7. The van der Waals surface area contributed by atoms with Crippen LogP contribution in [0, 0.1) is 16.0 Å². The number of aromatic nitrogens is 1. The lowest BCUT2D eigenvalue weighted by Gasteiger charge is -2.28. The van der Waals surface area contributed by atoms with Crippen molar-refractivity contribution in [2.24, 2.45) is 5.92 Å². The largest absolute Gasteiger partial charge is 0.275 e. The van der Waals surface area contributed by atoms with Crippen molar-refractivity contribution >= 4 is 23.2 Å². The average molecular weight is 430 g/mol. The summed E-state index contributed by atoms with van der Waals surface area (Å²) in [5.74, 6) is -1.54. The molecule has 0 bridgehead atoms. The first-order chi connectivity index (χ1) is 15.5. The molecule has 2 saturated heterocycles. The summed E-state index contributed by atoms with van der Waals surface area (Å²) in [6, 6.07) is 18.1. The first kappa shape index (κ1) is 19.8. The van der Waals surface area contributed by atoms with Gasteiger partial charge in [0.15, 0.2) is 6.10 Å². The average Bonchev–Trinajstić information content (AvgIpc) is 3.32. The molecule has 2 aliphatic rings. The fourth-order valence-electron chi connectivity index (χ4n) is 4.26. The highest BCUT2D eigenvalue weighted by atomic mass is 16.7. The van der Waals surface area contributed by atoms with Gasteiger partial charge in [-0.05, 0) is 29.3 Å². The van der Waals surface area contributed by atoms with E-state index in [0.29, 0.717) is 5.69 Å². The van der Waals surface area contributed by atoms with E-state index in [1.54, 1.807) is 36.7 Å². The smallest absolute Gasteiger partial charge is 0.271 e. The molecule has 5 rings (SSSR count). The predicted molar refractivity (Wildman–Crippen MR) is 113 cm³/mol. The van der Waals surface area contributed by atoms with E-state index < -0.39 is 28.9 Å². The molecule has 3 heterocycles.